The molecule has 12 nitrogen and oxygen atoms in total. The van der Waals surface area contributed by atoms with Crippen LogP contribution in [0, 0.1) is 23.7 Å². The predicted octanol–water partition coefficient (Wildman–Crippen LogP) is 1.38. The van der Waals surface area contributed by atoms with E-state index in [2.05, 4.69) is 40.1 Å². The standard InChI is InChI=1S/2C12H18N2O.C4H4O4.C3H4O2/c2*15-12-6-5-11-14(12)10-4-3-9-13-7-1-2-8-13;5-3(6)1-2-4(7)8;1-2-3(4)5/h2*1-2,5-11H2;1-2H,(H,5,6)(H,7,8);2H,1H2,(H,4,5). The second kappa shape index (κ2) is 22.5. The minimum Gasteiger partial charge on any atom is -0.478 e. The van der Waals surface area contributed by atoms with Crippen LogP contribution in [-0.4, -0.2) is 130 Å². The van der Waals surface area contributed by atoms with Gasteiger partial charge in [0.25, 0.3) is 0 Å². The van der Waals surface area contributed by atoms with E-state index in [0.717, 1.165) is 45.1 Å². The van der Waals surface area contributed by atoms with Gasteiger partial charge in [-0.3, -0.25) is 19.4 Å². The van der Waals surface area contributed by atoms with E-state index < -0.39 is 17.9 Å². The van der Waals surface area contributed by atoms with Crippen LogP contribution < -0.4 is 0 Å². The Labute approximate surface area is 254 Å². The lowest BCUT2D eigenvalue weighted by Gasteiger charge is -2.11. The van der Waals surface area contributed by atoms with Crippen LogP contribution in [0.5, 0.6) is 0 Å². The van der Waals surface area contributed by atoms with E-state index in [1.807, 2.05) is 9.80 Å². The van der Waals surface area contributed by atoms with Crippen LogP contribution in [0.2, 0.25) is 0 Å². The first-order valence-electron chi connectivity index (χ1n) is 14.5. The van der Waals surface area contributed by atoms with Crippen LogP contribution >= 0.6 is 0 Å². The zero-order valence-electron chi connectivity index (χ0n) is 24.8. The van der Waals surface area contributed by atoms with Gasteiger partial charge in [-0.05, 0) is 64.7 Å². The molecule has 4 saturated heterocycles. The van der Waals surface area contributed by atoms with Gasteiger partial charge in [0.1, 0.15) is 0 Å². The number of nitrogens with zero attached hydrogens (tertiary/aromatic N) is 4. The summed E-state index contributed by atoms with van der Waals surface area (Å²) in [6, 6.07) is 0. The molecule has 4 heterocycles. The van der Waals surface area contributed by atoms with E-state index in [1.165, 1.54) is 51.9 Å². The summed E-state index contributed by atoms with van der Waals surface area (Å²) in [6.07, 6.45) is 10.6. The predicted molar refractivity (Wildman–Crippen MR) is 161 cm³/mol. The highest BCUT2D eigenvalue weighted by Gasteiger charge is 2.19. The van der Waals surface area contributed by atoms with Gasteiger partial charge in [-0.25, -0.2) is 14.4 Å². The Hall–Kier alpha value is -4.13. The van der Waals surface area contributed by atoms with E-state index in [-0.39, 0.29) is 11.8 Å². The summed E-state index contributed by atoms with van der Waals surface area (Å²) in [5.41, 5.74) is 0. The number of aliphatic carboxylic acids is 3. The number of carbonyl (C=O) groups is 5. The van der Waals surface area contributed by atoms with Crippen molar-refractivity contribution in [1.29, 1.82) is 0 Å². The largest absolute Gasteiger partial charge is 0.478 e. The van der Waals surface area contributed by atoms with Crippen LogP contribution in [0.25, 0.3) is 0 Å². The van der Waals surface area contributed by atoms with Crippen molar-refractivity contribution in [3.05, 3.63) is 24.8 Å². The first-order valence-corrected chi connectivity index (χ1v) is 14.5. The average Bonchev–Trinajstić information content (AvgIpc) is 3.80. The number of carbonyl (C=O) groups excluding carboxylic acids is 2. The number of amides is 2. The van der Waals surface area contributed by atoms with Gasteiger partial charge in [0.15, 0.2) is 0 Å². The normalized spacial score (nSPS) is 17.8. The monoisotopic (exact) mass is 600 g/mol. The summed E-state index contributed by atoms with van der Waals surface area (Å²) in [5.74, 6) is 9.55. The molecule has 0 radical (unpaired) electrons. The SMILES string of the molecule is C=CC(=O)O.O=C(O)C=CC(=O)O.O=C1CCCN1CC#CCN1CCCC1.O=C1CCCN1CC#CCN1CCCC1. The summed E-state index contributed by atoms with van der Waals surface area (Å²) in [7, 11) is 0. The van der Waals surface area contributed by atoms with E-state index in [0.29, 0.717) is 38.1 Å². The number of carboxylic acids is 3. The number of likely N-dealkylation sites (tertiary alicyclic amines) is 4. The fraction of sp³-hybridized carbons (Fsp3) is 0.581. The molecule has 0 atom stereocenters. The Morgan fingerprint density at radius 3 is 1.16 bits per heavy atom. The molecule has 2 amide bonds. The number of carboxylic acid groups (broad SMARTS) is 3. The van der Waals surface area contributed by atoms with E-state index in [9.17, 15) is 24.0 Å². The highest BCUT2D eigenvalue weighted by Crippen LogP contribution is 2.09. The van der Waals surface area contributed by atoms with Crippen molar-refractivity contribution >= 4 is 29.7 Å². The molecular weight excluding hydrogens is 556 g/mol. The van der Waals surface area contributed by atoms with Crippen LogP contribution in [0.15, 0.2) is 24.8 Å². The maximum atomic E-state index is 11.3. The van der Waals surface area contributed by atoms with Gasteiger partial charge in [0.05, 0.1) is 26.2 Å². The third-order valence-corrected chi connectivity index (χ3v) is 6.68. The lowest BCUT2D eigenvalue weighted by atomic mass is 10.4. The molecular formula is C31H44N4O8. The Morgan fingerprint density at radius 2 is 0.907 bits per heavy atom. The van der Waals surface area contributed by atoms with Crippen molar-refractivity contribution in [1.82, 2.24) is 19.6 Å². The molecule has 0 aliphatic carbocycles. The van der Waals surface area contributed by atoms with E-state index in [4.69, 9.17) is 15.3 Å². The Balaban J connectivity index is 0.000000311. The van der Waals surface area contributed by atoms with Crippen molar-refractivity contribution in [3.8, 4) is 23.7 Å². The summed E-state index contributed by atoms with van der Waals surface area (Å²) in [4.78, 5) is 59.4. The van der Waals surface area contributed by atoms with Gasteiger partial charge < -0.3 is 25.1 Å². The van der Waals surface area contributed by atoms with Crippen molar-refractivity contribution in [2.45, 2.75) is 51.4 Å². The van der Waals surface area contributed by atoms with Crippen molar-refractivity contribution in [2.24, 2.45) is 0 Å². The fourth-order valence-electron chi connectivity index (χ4n) is 4.40. The summed E-state index contributed by atoms with van der Waals surface area (Å²) < 4.78 is 0. The number of hydrogen-bond acceptors (Lipinski definition) is 7. The lowest BCUT2D eigenvalue weighted by Crippen LogP contribution is -2.25. The van der Waals surface area contributed by atoms with Crippen LogP contribution in [-0.2, 0) is 24.0 Å². The molecule has 0 aromatic heterocycles. The van der Waals surface area contributed by atoms with Crippen molar-refractivity contribution in [3.63, 3.8) is 0 Å². The Morgan fingerprint density at radius 1 is 0.581 bits per heavy atom. The fourth-order valence-corrected chi connectivity index (χ4v) is 4.40. The van der Waals surface area contributed by atoms with Gasteiger partial charge in [0.2, 0.25) is 11.8 Å². The molecule has 0 aromatic carbocycles. The first kappa shape index (κ1) is 36.9. The first-order chi connectivity index (χ1) is 20.6. The maximum absolute atomic E-state index is 11.3. The summed E-state index contributed by atoms with van der Waals surface area (Å²) in [6.45, 7) is 12.5. The second-order valence-corrected chi connectivity index (χ2v) is 10.1. The summed E-state index contributed by atoms with van der Waals surface area (Å²) in [5, 5.41) is 23.2. The van der Waals surface area contributed by atoms with Gasteiger partial charge in [-0.15, -0.1) is 0 Å². The van der Waals surface area contributed by atoms with Crippen molar-refractivity contribution in [2.75, 3.05) is 65.4 Å². The lowest BCUT2D eigenvalue weighted by molar-refractivity contribution is -0.134. The highest BCUT2D eigenvalue weighted by atomic mass is 16.4. The quantitative estimate of drug-likeness (QED) is 0.288. The summed E-state index contributed by atoms with van der Waals surface area (Å²) >= 11 is 0. The molecule has 0 bridgehead atoms. The second-order valence-electron chi connectivity index (χ2n) is 10.1. The molecule has 4 aliphatic rings. The zero-order valence-corrected chi connectivity index (χ0v) is 24.8. The van der Waals surface area contributed by atoms with Gasteiger partial charge >= 0.3 is 17.9 Å². The molecule has 0 aromatic rings. The van der Waals surface area contributed by atoms with Crippen LogP contribution in [0.3, 0.4) is 0 Å². The average molecular weight is 601 g/mol. The van der Waals surface area contributed by atoms with Crippen molar-refractivity contribution < 1.29 is 39.3 Å². The molecule has 0 saturated carbocycles. The molecule has 12 heteroatoms. The highest BCUT2D eigenvalue weighted by molar-refractivity contribution is 5.89. The topological polar surface area (TPSA) is 159 Å². The van der Waals surface area contributed by atoms with Crippen LogP contribution in [0.4, 0.5) is 0 Å². The molecule has 0 unspecified atom stereocenters. The van der Waals surface area contributed by atoms with Crippen LogP contribution in [0.1, 0.15) is 51.4 Å². The van der Waals surface area contributed by atoms with E-state index in [1.54, 1.807) is 0 Å². The Kier molecular flexibility index (Phi) is 19.3. The maximum Gasteiger partial charge on any atom is 0.328 e. The molecule has 3 N–H and O–H groups in total. The number of rotatable bonds is 7. The third kappa shape index (κ3) is 18.8. The smallest absolute Gasteiger partial charge is 0.328 e. The van der Waals surface area contributed by atoms with Gasteiger partial charge in [-0.2, -0.15) is 0 Å². The third-order valence-electron chi connectivity index (χ3n) is 6.68. The minimum atomic E-state index is -1.26. The zero-order chi connectivity index (χ0) is 31.9. The van der Waals surface area contributed by atoms with E-state index >= 15 is 0 Å². The van der Waals surface area contributed by atoms with Gasteiger partial charge in [-0.1, -0.05) is 30.3 Å². The number of hydrogen-bond donors (Lipinski definition) is 3. The molecule has 236 valence electrons. The molecule has 43 heavy (non-hydrogen) atoms. The molecule has 4 rings (SSSR count). The molecule has 4 aliphatic heterocycles. The molecule has 4 fully saturated rings. The molecule has 0 spiro atoms. The minimum absolute atomic E-state index is 0.269. The Bertz CT molecular complexity index is 1010. The van der Waals surface area contributed by atoms with Gasteiger partial charge in [0, 0.05) is 44.2 Å².